The quantitative estimate of drug-likeness (QED) is 0.703. The first kappa shape index (κ1) is 19.0. The minimum atomic E-state index is -0.376. The number of halogens is 1. The van der Waals surface area contributed by atoms with E-state index in [0.717, 1.165) is 26.9 Å². The number of hydrogen-bond donors (Lipinski definition) is 3. The fraction of sp³-hybridized carbons (Fsp3) is 0.263. The predicted molar refractivity (Wildman–Crippen MR) is 104 cm³/mol. The molecule has 0 aliphatic heterocycles. The average Bonchev–Trinajstić information content (AvgIpc) is 2.56. The molecule has 3 N–H and O–H groups in total. The molecule has 0 spiro atoms. The summed E-state index contributed by atoms with van der Waals surface area (Å²) in [6.45, 7) is 5.72. The zero-order chi connectivity index (χ0) is 18.4. The summed E-state index contributed by atoms with van der Waals surface area (Å²) in [5.74, 6) is -0.274. The number of rotatable bonds is 5. The molecule has 0 saturated heterocycles. The minimum Gasteiger partial charge on any atom is -0.332 e. The Balaban J connectivity index is 1.83. The second-order valence-electron chi connectivity index (χ2n) is 5.91. The highest BCUT2D eigenvalue weighted by Crippen LogP contribution is 2.20. The van der Waals surface area contributed by atoms with Crippen LogP contribution in [-0.2, 0) is 4.79 Å². The van der Waals surface area contributed by atoms with Crippen molar-refractivity contribution in [2.75, 3.05) is 11.9 Å². The van der Waals surface area contributed by atoms with E-state index in [1.54, 1.807) is 0 Å². The Hall–Kier alpha value is -2.34. The lowest BCUT2D eigenvalue weighted by Crippen LogP contribution is -2.41. The molecule has 0 saturated carbocycles. The van der Waals surface area contributed by atoms with E-state index >= 15 is 0 Å². The summed E-state index contributed by atoms with van der Waals surface area (Å²) in [6.07, 6.45) is 0. The van der Waals surface area contributed by atoms with Crippen LogP contribution in [0.1, 0.15) is 29.7 Å². The van der Waals surface area contributed by atoms with Gasteiger partial charge >= 0.3 is 6.03 Å². The maximum atomic E-state index is 12.0. The van der Waals surface area contributed by atoms with Crippen LogP contribution in [0.5, 0.6) is 0 Å². The van der Waals surface area contributed by atoms with E-state index < -0.39 is 0 Å². The molecule has 6 heteroatoms. The molecule has 0 heterocycles. The Morgan fingerprint density at radius 3 is 2.48 bits per heavy atom. The van der Waals surface area contributed by atoms with E-state index in [1.165, 1.54) is 0 Å². The van der Waals surface area contributed by atoms with Crippen molar-refractivity contribution in [1.82, 2.24) is 10.6 Å². The van der Waals surface area contributed by atoms with Crippen molar-refractivity contribution >= 4 is 33.6 Å². The number of amides is 3. The van der Waals surface area contributed by atoms with Crippen molar-refractivity contribution in [1.29, 1.82) is 0 Å². The molecular formula is C19H22BrN3O2. The average molecular weight is 404 g/mol. The monoisotopic (exact) mass is 403 g/mol. The standard InChI is InChI=1S/C19H22BrN3O2/c1-12-6-4-5-7-16(12)14(3)22-19(25)21-11-18(24)23-17-9-8-15(20)10-13(17)2/h4-10,14H,11H2,1-3H3,(H,23,24)(H2,21,22,25). The van der Waals surface area contributed by atoms with E-state index in [2.05, 4.69) is 31.9 Å². The maximum Gasteiger partial charge on any atom is 0.315 e. The Morgan fingerprint density at radius 2 is 1.80 bits per heavy atom. The molecule has 25 heavy (non-hydrogen) atoms. The molecule has 132 valence electrons. The van der Waals surface area contributed by atoms with Gasteiger partial charge in [-0.25, -0.2) is 4.79 Å². The molecule has 1 atom stereocenters. The van der Waals surface area contributed by atoms with Crippen molar-refractivity contribution in [3.8, 4) is 0 Å². The molecule has 0 aliphatic carbocycles. The highest BCUT2D eigenvalue weighted by molar-refractivity contribution is 9.10. The van der Waals surface area contributed by atoms with Gasteiger partial charge in [0.2, 0.25) is 5.91 Å². The number of anilines is 1. The third kappa shape index (κ3) is 5.60. The molecule has 2 rings (SSSR count). The summed E-state index contributed by atoms with van der Waals surface area (Å²) in [5.41, 5.74) is 3.83. The number of aryl methyl sites for hydroxylation is 2. The van der Waals surface area contributed by atoms with Crippen LogP contribution < -0.4 is 16.0 Å². The Morgan fingerprint density at radius 1 is 1.08 bits per heavy atom. The summed E-state index contributed by atoms with van der Waals surface area (Å²) in [5, 5.41) is 8.21. The normalized spacial score (nSPS) is 11.5. The smallest absolute Gasteiger partial charge is 0.315 e. The summed E-state index contributed by atoms with van der Waals surface area (Å²) in [4.78, 5) is 24.0. The fourth-order valence-electron chi connectivity index (χ4n) is 2.52. The topological polar surface area (TPSA) is 70.2 Å². The van der Waals surface area contributed by atoms with Gasteiger partial charge in [-0.1, -0.05) is 40.2 Å². The molecule has 0 fully saturated rings. The molecule has 0 bridgehead atoms. The van der Waals surface area contributed by atoms with Crippen molar-refractivity contribution in [3.05, 3.63) is 63.6 Å². The van der Waals surface area contributed by atoms with E-state index in [9.17, 15) is 9.59 Å². The molecule has 5 nitrogen and oxygen atoms in total. The van der Waals surface area contributed by atoms with E-state index in [1.807, 2.05) is 63.2 Å². The molecule has 2 aromatic carbocycles. The van der Waals surface area contributed by atoms with Crippen LogP contribution >= 0.6 is 15.9 Å². The molecule has 0 radical (unpaired) electrons. The van der Waals surface area contributed by atoms with Gasteiger partial charge in [0, 0.05) is 10.2 Å². The molecule has 0 aliphatic rings. The Bertz CT molecular complexity index is 777. The number of benzene rings is 2. The number of carbonyl (C=O) groups excluding carboxylic acids is 2. The first-order chi connectivity index (χ1) is 11.9. The number of urea groups is 1. The predicted octanol–water partition coefficient (Wildman–Crippen LogP) is 4.06. The second-order valence-corrected chi connectivity index (χ2v) is 6.83. The van der Waals surface area contributed by atoms with Crippen LogP contribution in [0.3, 0.4) is 0 Å². The van der Waals surface area contributed by atoms with Gasteiger partial charge in [-0.3, -0.25) is 4.79 Å². The largest absolute Gasteiger partial charge is 0.332 e. The van der Waals surface area contributed by atoms with Gasteiger partial charge in [0.25, 0.3) is 0 Å². The lowest BCUT2D eigenvalue weighted by molar-refractivity contribution is -0.115. The third-order valence-corrected chi connectivity index (χ3v) is 4.37. The number of hydrogen-bond acceptors (Lipinski definition) is 2. The van der Waals surface area contributed by atoms with Gasteiger partial charge in [-0.15, -0.1) is 0 Å². The highest BCUT2D eigenvalue weighted by atomic mass is 79.9. The van der Waals surface area contributed by atoms with E-state index in [0.29, 0.717) is 0 Å². The van der Waals surface area contributed by atoms with Crippen molar-refractivity contribution < 1.29 is 9.59 Å². The van der Waals surface area contributed by atoms with Gasteiger partial charge in [-0.05, 0) is 55.7 Å². The summed E-state index contributed by atoms with van der Waals surface area (Å²) in [7, 11) is 0. The van der Waals surface area contributed by atoms with Crippen LogP contribution in [0.2, 0.25) is 0 Å². The summed E-state index contributed by atoms with van der Waals surface area (Å²) >= 11 is 3.38. The first-order valence-corrected chi connectivity index (χ1v) is 8.82. The van der Waals surface area contributed by atoms with Gasteiger partial charge < -0.3 is 16.0 Å². The lowest BCUT2D eigenvalue weighted by atomic mass is 10.0. The van der Waals surface area contributed by atoms with Gasteiger partial charge in [0.05, 0.1) is 12.6 Å². The van der Waals surface area contributed by atoms with Crippen molar-refractivity contribution in [3.63, 3.8) is 0 Å². The maximum absolute atomic E-state index is 12.0. The van der Waals surface area contributed by atoms with Gasteiger partial charge in [0.1, 0.15) is 0 Å². The highest BCUT2D eigenvalue weighted by Gasteiger charge is 2.12. The van der Waals surface area contributed by atoms with Crippen LogP contribution in [0, 0.1) is 13.8 Å². The molecule has 1 unspecified atom stereocenters. The van der Waals surface area contributed by atoms with E-state index in [4.69, 9.17) is 0 Å². The molecule has 2 aromatic rings. The number of carbonyl (C=O) groups is 2. The zero-order valence-corrected chi connectivity index (χ0v) is 16.1. The van der Waals surface area contributed by atoms with Crippen molar-refractivity contribution in [2.24, 2.45) is 0 Å². The third-order valence-electron chi connectivity index (χ3n) is 3.87. The fourth-order valence-corrected chi connectivity index (χ4v) is 3.00. The summed E-state index contributed by atoms with van der Waals surface area (Å²) < 4.78 is 0.950. The van der Waals surface area contributed by atoms with Crippen LogP contribution in [0.4, 0.5) is 10.5 Å². The second kappa shape index (κ2) is 8.67. The van der Waals surface area contributed by atoms with E-state index in [-0.39, 0.29) is 24.5 Å². The molecular weight excluding hydrogens is 382 g/mol. The lowest BCUT2D eigenvalue weighted by Gasteiger charge is -2.17. The Kier molecular flexibility index (Phi) is 6.58. The minimum absolute atomic E-state index is 0.0954. The number of nitrogens with one attached hydrogen (secondary N) is 3. The van der Waals surface area contributed by atoms with Crippen LogP contribution in [0.15, 0.2) is 46.9 Å². The first-order valence-electron chi connectivity index (χ1n) is 8.02. The van der Waals surface area contributed by atoms with Gasteiger partial charge in [-0.2, -0.15) is 0 Å². The SMILES string of the molecule is Cc1cc(Br)ccc1NC(=O)CNC(=O)NC(C)c1ccccc1C. The van der Waals surface area contributed by atoms with Crippen LogP contribution in [0.25, 0.3) is 0 Å². The summed E-state index contributed by atoms with van der Waals surface area (Å²) in [6, 6.07) is 12.9. The Labute approximate surface area is 156 Å². The van der Waals surface area contributed by atoms with Crippen molar-refractivity contribution in [2.45, 2.75) is 26.8 Å². The molecule has 3 amide bonds. The van der Waals surface area contributed by atoms with Crippen LogP contribution in [-0.4, -0.2) is 18.5 Å². The van der Waals surface area contributed by atoms with Gasteiger partial charge in [0.15, 0.2) is 0 Å². The zero-order valence-electron chi connectivity index (χ0n) is 14.5. The molecule has 0 aromatic heterocycles.